The SMILES string of the molecule is CC(NCc1ccc2c(c1)OCCCO2)C1CC1. The zero-order valence-corrected chi connectivity index (χ0v) is 10.9. The second kappa shape index (κ2) is 5.19. The molecule has 1 N–H and O–H groups in total. The first kappa shape index (κ1) is 11.8. The highest BCUT2D eigenvalue weighted by atomic mass is 16.5. The van der Waals surface area contributed by atoms with Crippen LogP contribution in [-0.4, -0.2) is 19.3 Å². The lowest BCUT2D eigenvalue weighted by Gasteiger charge is -2.14. The van der Waals surface area contributed by atoms with Gasteiger partial charge in [-0.05, 0) is 43.4 Å². The number of rotatable bonds is 4. The molecule has 0 spiro atoms. The zero-order valence-electron chi connectivity index (χ0n) is 10.9. The standard InChI is InChI=1S/C15H21NO2/c1-11(13-4-5-13)16-10-12-3-6-14-15(9-12)18-8-2-7-17-14/h3,6,9,11,13,16H,2,4-5,7-8,10H2,1H3. The van der Waals surface area contributed by atoms with E-state index in [9.17, 15) is 0 Å². The summed E-state index contributed by atoms with van der Waals surface area (Å²) in [4.78, 5) is 0. The number of benzene rings is 1. The third-order valence-electron chi connectivity index (χ3n) is 3.77. The lowest BCUT2D eigenvalue weighted by molar-refractivity contribution is 0.297. The minimum atomic E-state index is 0.626. The van der Waals surface area contributed by atoms with Gasteiger partial charge in [0.15, 0.2) is 11.5 Å². The van der Waals surface area contributed by atoms with Crippen LogP contribution < -0.4 is 14.8 Å². The molecule has 0 saturated heterocycles. The largest absolute Gasteiger partial charge is 0.490 e. The zero-order chi connectivity index (χ0) is 12.4. The summed E-state index contributed by atoms with van der Waals surface area (Å²) in [5, 5.41) is 3.59. The van der Waals surface area contributed by atoms with Crippen molar-refractivity contribution in [2.75, 3.05) is 13.2 Å². The van der Waals surface area contributed by atoms with Gasteiger partial charge in [-0.1, -0.05) is 6.07 Å². The summed E-state index contributed by atoms with van der Waals surface area (Å²) >= 11 is 0. The fourth-order valence-corrected chi connectivity index (χ4v) is 2.36. The summed E-state index contributed by atoms with van der Waals surface area (Å²) in [6, 6.07) is 6.88. The molecule has 18 heavy (non-hydrogen) atoms. The molecule has 1 aliphatic carbocycles. The van der Waals surface area contributed by atoms with Crippen molar-refractivity contribution in [2.24, 2.45) is 5.92 Å². The molecule has 3 nitrogen and oxygen atoms in total. The van der Waals surface area contributed by atoms with E-state index >= 15 is 0 Å². The average Bonchev–Trinajstić information content (AvgIpc) is 3.21. The van der Waals surface area contributed by atoms with E-state index in [0.29, 0.717) is 6.04 Å². The highest BCUT2D eigenvalue weighted by Gasteiger charge is 2.27. The van der Waals surface area contributed by atoms with Gasteiger partial charge in [0.1, 0.15) is 0 Å². The molecule has 0 radical (unpaired) electrons. The molecule has 0 amide bonds. The van der Waals surface area contributed by atoms with Gasteiger partial charge in [-0.2, -0.15) is 0 Å². The van der Waals surface area contributed by atoms with Gasteiger partial charge in [0.05, 0.1) is 13.2 Å². The van der Waals surface area contributed by atoms with E-state index in [-0.39, 0.29) is 0 Å². The molecule has 1 unspecified atom stereocenters. The predicted molar refractivity (Wildman–Crippen MR) is 71.1 cm³/mol. The van der Waals surface area contributed by atoms with E-state index in [1.165, 1.54) is 18.4 Å². The lowest BCUT2D eigenvalue weighted by Crippen LogP contribution is -2.27. The highest BCUT2D eigenvalue weighted by Crippen LogP contribution is 2.33. The topological polar surface area (TPSA) is 30.5 Å². The number of hydrogen-bond acceptors (Lipinski definition) is 3. The molecule has 98 valence electrons. The number of nitrogens with one attached hydrogen (secondary N) is 1. The van der Waals surface area contributed by atoms with Crippen LogP contribution in [0.1, 0.15) is 31.7 Å². The maximum absolute atomic E-state index is 5.70. The Morgan fingerprint density at radius 3 is 2.78 bits per heavy atom. The molecule has 1 heterocycles. The first-order chi connectivity index (χ1) is 8.83. The summed E-state index contributed by atoms with van der Waals surface area (Å²) in [5.74, 6) is 2.67. The van der Waals surface area contributed by atoms with Gasteiger partial charge < -0.3 is 14.8 Å². The molecule has 1 aromatic rings. The molecule has 1 saturated carbocycles. The molecule has 0 bridgehead atoms. The van der Waals surface area contributed by atoms with E-state index in [0.717, 1.165) is 43.6 Å². The van der Waals surface area contributed by atoms with Gasteiger partial charge in [0, 0.05) is 19.0 Å². The maximum atomic E-state index is 5.70. The molecule has 0 aromatic heterocycles. The van der Waals surface area contributed by atoms with E-state index in [4.69, 9.17) is 9.47 Å². The van der Waals surface area contributed by atoms with Crippen LogP contribution in [0, 0.1) is 5.92 Å². The summed E-state index contributed by atoms with van der Waals surface area (Å²) < 4.78 is 11.3. The minimum absolute atomic E-state index is 0.626. The third-order valence-corrected chi connectivity index (χ3v) is 3.77. The van der Waals surface area contributed by atoms with E-state index in [1.807, 2.05) is 6.07 Å². The van der Waals surface area contributed by atoms with Crippen LogP contribution in [0.5, 0.6) is 11.5 Å². The van der Waals surface area contributed by atoms with Crippen molar-refractivity contribution < 1.29 is 9.47 Å². The van der Waals surface area contributed by atoms with Crippen molar-refractivity contribution >= 4 is 0 Å². The summed E-state index contributed by atoms with van der Waals surface area (Å²) in [6.07, 6.45) is 3.73. The molecular weight excluding hydrogens is 226 g/mol. The molecule has 1 aliphatic heterocycles. The van der Waals surface area contributed by atoms with Crippen LogP contribution in [0.3, 0.4) is 0 Å². The minimum Gasteiger partial charge on any atom is -0.490 e. The van der Waals surface area contributed by atoms with Crippen LogP contribution >= 0.6 is 0 Å². The summed E-state index contributed by atoms with van der Waals surface area (Å²) in [5.41, 5.74) is 1.27. The maximum Gasteiger partial charge on any atom is 0.161 e. The molecule has 1 fully saturated rings. The fourth-order valence-electron chi connectivity index (χ4n) is 2.36. The quantitative estimate of drug-likeness (QED) is 0.887. The van der Waals surface area contributed by atoms with Crippen LogP contribution in [0.15, 0.2) is 18.2 Å². The first-order valence-corrected chi connectivity index (χ1v) is 6.95. The molecule has 1 atom stereocenters. The Labute approximate surface area is 108 Å². The molecule has 2 aliphatic rings. The van der Waals surface area contributed by atoms with Gasteiger partial charge in [0.2, 0.25) is 0 Å². The normalized spacial score (nSPS) is 20.3. The van der Waals surface area contributed by atoms with Crippen LogP contribution in [0.4, 0.5) is 0 Å². The smallest absolute Gasteiger partial charge is 0.161 e. The highest BCUT2D eigenvalue weighted by molar-refractivity contribution is 5.43. The second-order valence-corrected chi connectivity index (χ2v) is 5.34. The molecular formula is C15H21NO2. The van der Waals surface area contributed by atoms with Crippen molar-refractivity contribution in [3.05, 3.63) is 23.8 Å². The van der Waals surface area contributed by atoms with Crippen molar-refractivity contribution in [2.45, 2.75) is 38.8 Å². The Morgan fingerprint density at radius 2 is 2.00 bits per heavy atom. The molecule has 1 aromatic carbocycles. The van der Waals surface area contributed by atoms with Gasteiger partial charge in [0.25, 0.3) is 0 Å². The monoisotopic (exact) mass is 247 g/mol. The van der Waals surface area contributed by atoms with Crippen LogP contribution in [-0.2, 0) is 6.54 Å². The Hall–Kier alpha value is -1.22. The van der Waals surface area contributed by atoms with E-state index in [1.54, 1.807) is 0 Å². The van der Waals surface area contributed by atoms with Gasteiger partial charge in [-0.15, -0.1) is 0 Å². The fraction of sp³-hybridized carbons (Fsp3) is 0.600. The predicted octanol–water partition coefficient (Wildman–Crippen LogP) is 2.74. The van der Waals surface area contributed by atoms with Crippen molar-refractivity contribution in [3.8, 4) is 11.5 Å². The molecule has 3 heteroatoms. The van der Waals surface area contributed by atoms with Gasteiger partial charge in [-0.25, -0.2) is 0 Å². The number of hydrogen-bond donors (Lipinski definition) is 1. The van der Waals surface area contributed by atoms with Crippen LogP contribution in [0.2, 0.25) is 0 Å². The van der Waals surface area contributed by atoms with Crippen LogP contribution in [0.25, 0.3) is 0 Å². The van der Waals surface area contributed by atoms with Crippen molar-refractivity contribution in [3.63, 3.8) is 0 Å². The molecule has 3 rings (SSSR count). The van der Waals surface area contributed by atoms with Crippen molar-refractivity contribution in [1.29, 1.82) is 0 Å². The second-order valence-electron chi connectivity index (χ2n) is 5.34. The Kier molecular flexibility index (Phi) is 3.41. The number of fused-ring (bicyclic) bond motifs is 1. The average molecular weight is 247 g/mol. The van der Waals surface area contributed by atoms with Crippen molar-refractivity contribution in [1.82, 2.24) is 5.32 Å². The van der Waals surface area contributed by atoms with E-state index in [2.05, 4.69) is 24.4 Å². The Balaban J connectivity index is 1.63. The van der Waals surface area contributed by atoms with Gasteiger partial charge >= 0.3 is 0 Å². The Bertz CT molecular complexity index is 415. The van der Waals surface area contributed by atoms with E-state index < -0.39 is 0 Å². The first-order valence-electron chi connectivity index (χ1n) is 6.95. The third kappa shape index (κ3) is 2.78. The van der Waals surface area contributed by atoms with Gasteiger partial charge in [-0.3, -0.25) is 0 Å². The summed E-state index contributed by atoms with van der Waals surface area (Å²) in [7, 11) is 0. The Morgan fingerprint density at radius 1 is 1.22 bits per heavy atom. The summed E-state index contributed by atoms with van der Waals surface area (Å²) in [6.45, 7) is 4.70. The number of ether oxygens (including phenoxy) is 2. The lowest BCUT2D eigenvalue weighted by atomic mass is 10.1.